The van der Waals surface area contributed by atoms with Crippen LogP contribution in [0.5, 0.6) is 0 Å². The quantitative estimate of drug-likeness (QED) is 0.680. The minimum absolute atomic E-state index is 0.0750. The Morgan fingerprint density at radius 1 is 1.53 bits per heavy atom. The van der Waals surface area contributed by atoms with Crippen LogP contribution >= 0.6 is 11.6 Å². The second-order valence-corrected chi connectivity index (χ2v) is 4.10. The first-order chi connectivity index (χ1) is 9.04. The standard InChI is InChI=1S/C10H11ClN6O2/c1-3-12-9-8(17(18)19)10(14-5-13-9)16-4-7(11)6(2)15-16/h4-5H,3H2,1-2H3,(H,12,13,14). The number of nitrogens with one attached hydrogen (secondary N) is 1. The highest BCUT2D eigenvalue weighted by Crippen LogP contribution is 2.28. The van der Waals surface area contributed by atoms with Crippen LogP contribution in [0.2, 0.25) is 5.02 Å². The van der Waals surface area contributed by atoms with E-state index in [1.165, 1.54) is 17.2 Å². The fourth-order valence-corrected chi connectivity index (χ4v) is 1.68. The zero-order chi connectivity index (χ0) is 14.0. The molecular weight excluding hydrogens is 272 g/mol. The summed E-state index contributed by atoms with van der Waals surface area (Å²) in [5, 5.41) is 18.5. The third-order valence-corrected chi connectivity index (χ3v) is 2.76. The third-order valence-electron chi connectivity index (χ3n) is 2.39. The molecule has 0 bridgehead atoms. The molecule has 0 aromatic carbocycles. The topological polar surface area (TPSA) is 98.8 Å². The Morgan fingerprint density at radius 2 is 2.26 bits per heavy atom. The Kier molecular flexibility index (Phi) is 3.61. The van der Waals surface area contributed by atoms with Crippen molar-refractivity contribution in [2.24, 2.45) is 0 Å². The predicted octanol–water partition coefficient (Wildman–Crippen LogP) is 1.96. The maximum absolute atomic E-state index is 11.2. The monoisotopic (exact) mass is 282 g/mol. The highest BCUT2D eigenvalue weighted by atomic mass is 35.5. The molecule has 0 radical (unpaired) electrons. The minimum Gasteiger partial charge on any atom is -0.364 e. The summed E-state index contributed by atoms with van der Waals surface area (Å²) in [4.78, 5) is 18.4. The lowest BCUT2D eigenvalue weighted by Gasteiger charge is -2.06. The molecule has 8 nitrogen and oxygen atoms in total. The smallest absolute Gasteiger partial charge is 0.355 e. The molecule has 9 heteroatoms. The van der Waals surface area contributed by atoms with Gasteiger partial charge in [-0.2, -0.15) is 5.10 Å². The first kappa shape index (κ1) is 13.2. The molecule has 2 aromatic rings. The van der Waals surface area contributed by atoms with Crippen molar-refractivity contribution in [1.29, 1.82) is 0 Å². The molecule has 0 saturated heterocycles. The van der Waals surface area contributed by atoms with E-state index in [2.05, 4.69) is 20.4 Å². The number of hydrogen-bond acceptors (Lipinski definition) is 6. The maximum atomic E-state index is 11.2. The molecule has 0 aliphatic heterocycles. The van der Waals surface area contributed by atoms with Gasteiger partial charge in [-0.1, -0.05) is 11.6 Å². The molecule has 0 spiro atoms. The lowest BCUT2D eigenvalue weighted by atomic mass is 10.4. The van der Waals surface area contributed by atoms with Crippen LogP contribution in [-0.4, -0.2) is 31.2 Å². The van der Waals surface area contributed by atoms with Crippen molar-refractivity contribution in [2.75, 3.05) is 11.9 Å². The summed E-state index contributed by atoms with van der Waals surface area (Å²) in [6.45, 7) is 4.04. The third kappa shape index (κ3) is 2.48. The van der Waals surface area contributed by atoms with Gasteiger partial charge in [0.15, 0.2) is 0 Å². The Balaban J connectivity index is 2.62. The zero-order valence-corrected chi connectivity index (χ0v) is 11.0. The summed E-state index contributed by atoms with van der Waals surface area (Å²) < 4.78 is 1.28. The zero-order valence-electron chi connectivity index (χ0n) is 10.3. The molecule has 2 heterocycles. The van der Waals surface area contributed by atoms with Crippen LogP contribution in [0, 0.1) is 17.0 Å². The van der Waals surface area contributed by atoms with Gasteiger partial charge in [-0.3, -0.25) is 10.1 Å². The van der Waals surface area contributed by atoms with Crippen molar-refractivity contribution in [3.8, 4) is 5.82 Å². The van der Waals surface area contributed by atoms with Crippen molar-refractivity contribution < 1.29 is 4.92 Å². The maximum Gasteiger partial charge on any atom is 0.355 e. The van der Waals surface area contributed by atoms with Crippen LogP contribution in [-0.2, 0) is 0 Å². The van der Waals surface area contributed by atoms with Crippen LogP contribution in [0.25, 0.3) is 5.82 Å². The number of nitro groups is 1. The Bertz CT molecular complexity index is 607. The van der Waals surface area contributed by atoms with Crippen LogP contribution in [0.3, 0.4) is 0 Å². The van der Waals surface area contributed by atoms with Crippen molar-refractivity contribution in [3.05, 3.63) is 33.4 Å². The van der Waals surface area contributed by atoms with Crippen molar-refractivity contribution in [3.63, 3.8) is 0 Å². The lowest BCUT2D eigenvalue weighted by molar-refractivity contribution is -0.384. The lowest BCUT2D eigenvalue weighted by Crippen LogP contribution is -2.09. The average Bonchev–Trinajstić information content (AvgIpc) is 2.69. The van der Waals surface area contributed by atoms with Gasteiger partial charge in [0, 0.05) is 6.54 Å². The Morgan fingerprint density at radius 3 is 2.79 bits per heavy atom. The molecule has 0 aliphatic carbocycles. The molecule has 0 saturated carbocycles. The predicted molar refractivity (Wildman–Crippen MR) is 69.7 cm³/mol. The van der Waals surface area contributed by atoms with E-state index < -0.39 is 4.92 Å². The van der Waals surface area contributed by atoms with Gasteiger partial charge in [-0.05, 0) is 13.8 Å². The van der Waals surface area contributed by atoms with E-state index in [0.29, 0.717) is 17.3 Å². The van der Waals surface area contributed by atoms with Gasteiger partial charge < -0.3 is 5.32 Å². The largest absolute Gasteiger partial charge is 0.364 e. The van der Waals surface area contributed by atoms with E-state index in [-0.39, 0.29) is 17.3 Å². The SMILES string of the molecule is CCNc1ncnc(-n2cc(Cl)c(C)n2)c1[N+](=O)[O-]. The van der Waals surface area contributed by atoms with Gasteiger partial charge in [0.2, 0.25) is 11.6 Å². The van der Waals surface area contributed by atoms with E-state index in [1.807, 2.05) is 6.92 Å². The first-order valence-corrected chi connectivity index (χ1v) is 5.87. The number of aryl methyl sites for hydroxylation is 1. The Labute approximate surface area is 113 Å². The summed E-state index contributed by atoms with van der Waals surface area (Å²) >= 11 is 5.90. The molecule has 1 N–H and O–H groups in total. The highest BCUT2D eigenvalue weighted by Gasteiger charge is 2.24. The molecule has 0 aliphatic rings. The van der Waals surface area contributed by atoms with Crippen LogP contribution in [0.15, 0.2) is 12.5 Å². The van der Waals surface area contributed by atoms with Gasteiger partial charge >= 0.3 is 5.69 Å². The minimum atomic E-state index is -0.543. The van der Waals surface area contributed by atoms with Crippen LogP contribution < -0.4 is 5.32 Å². The van der Waals surface area contributed by atoms with Gasteiger partial charge in [0.05, 0.1) is 21.8 Å². The average molecular weight is 283 g/mol. The van der Waals surface area contributed by atoms with Gasteiger partial charge in [-0.25, -0.2) is 14.6 Å². The summed E-state index contributed by atoms with van der Waals surface area (Å²) in [7, 11) is 0. The van der Waals surface area contributed by atoms with Crippen molar-refractivity contribution in [2.45, 2.75) is 13.8 Å². The molecule has 0 unspecified atom stereocenters. The van der Waals surface area contributed by atoms with Crippen LogP contribution in [0.4, 0.5) is 11.5 Å². The number of rotatable bonds is 4. The van der Waals surface area contributed by atoms with Gasteiger partial charge in [-0.15, -0.1) is 0 Å². The molecule has 19 heavy (non-hydrogen) atoms. The van der Waals surface area contributed by atoms with E-state index in [4.69, 9.17) is 11.6 Å². The van der Waals surface area contributed by atoms with E-state index in [0.717, 1.165) is 0 Å². The number of nitrogens with zero attached hydrogens (tertiary/aromatic N) is 5. The first-order valence-electron chi connectivity index (χ1n) is 5.50. The summed E-state index contributed by atoms with van der Waals surface area (Å²) in [6, 6.07) is 0. The number of halogens is 1. The second-order valence-electron chi connectivity index (χ2n) is 3.69. The molecular formula is C10H11ClN6O2. The molecule has 100 valence electrons. The second kappa shape index (κ2) is 5.19. The molecule has 0 fully saturated rings. The van der Waals surface area contributed by atoms with Crippen LogP contribution in [0.1, 0.15) is 12.6 Å². The summed E-state index contributed by atoms with van der Waals surface area (Å²) in [5.41, 5.74) is 0.336. The summed E-state index contributed by atoms with van der Waals surface area (Å²) in [6.07, 6.45) is 2.72. The fourth-order valence-electron chi connectivity index (χ4n) is 1.55. The van der Waals surface area contributed by atoms with E-state index in [9.17, 15) is 10.1 Å². The molecule has 2 aromatic heterocycles. The van der Waals surface area contributed by atoms with Crippen molar-refractivity contribution in [1.82, 2.24) is 19.7 Å². The normalized spacial score (nSPS) is 10.5. The highest BCUT2D eigenvalue weighted by molar-refractivity contribution is 6.31. The fraction of sp³-hybridized carbons (Fsp3) is 0.300. The van der Waals surface area contributed by atoms with Crippen molar-refractivity contribution >= 4 is 23.1 Å². The van der Waals surface area contributed by atoms with E-state index >= 15 is 0 Å². The Hall–Kier alpha value is -2.22. The van der Waals surface area contributed by atoms with Gasteiger partial charge in [0.1, 0.15) is 6.33 Å². The number of aromatic nitrogens is 4. The molecule has 0 amide bonds. The number of hydrogen-bond donors (Lipinski definition) is 1. The molecule has 2 rings (SSSR count). The number of anilines is 1. The summed E-state index contributed by atoms with van der Waals surface area (Å²) in [5.74, 6) is 0.229. The van der Waals surface area contributed by atoms with Gasteiger partial charge in [0.25, 0.3) is 0 Å². The molecule has 0 atom stereocenters. The van der Waals surface area contributed by atoms with E-state index in [1.54, 1.807) is 6.92 Å².